The standard InChI is InChI=1S/C18H25N3O3S/c1-14-18(15(2)24-20-14)25(22,23)19-11-10-16-6-8-17(9-7-16)21-12-4-3-5-13-21/h6-9,19H,3-5,10-13H2,1-2H3. The van der Waals surface area contributed by atoms with Crippen LogP contribution in [0.25, 0.3) is 0 Å². The van der Waals surface area contributed by atoms with Gasteiger partial charge in [0.15, 0.2) is 5.76 Å². The Morgan fingerprint density at radius 2 is 1.80 bits per heavy atom. The molecule has 0 radical (unpaired) electrons. The van der Waals surface area contributed by atoms with E-state index in [1.807, 2.05) is 0 Å². The van der Waals surface area contributed by atoms with Crippen LogP contribution in [0.2, 0.25) is 0 Å². The number of benzene rings is 1. The van der Waals surface area contributed by atoms with Crippen molar-refractivity contribution in [3.63, 3.8) is 0 Å². The molecule has 136 valence electrons. The number of sulfonamides is 1. The molecule has 0 spiro atoms. The number of rotatable bonds is 6. The molecule has 6 nitrogen and oxygen atoms in total. The molecule has 25 heavy (non-hydrogen) atoms. The van der Waals surface area contributed by atoms with Gasteiger partial charge >= 0.3 is 0 Å². The Hall–Kier alpha value is -1.86. The first-order chi connectivity index (χ1) is 12.0. The number of hydrogen-bond acceptors (Lipinski definition) is 5. The van der Waals surface area contributed by atoms with Crippen molar-refractivity contribution in [1.82, 2.24) is 9.88 Å². The van der Waals surface area contributed by atoms with E-state index in [2.05, 4.69) is 39.0 Å². The minimum absolute atomic E-state index is 0.146. The Kier molecular flexibility index (Phi) is 5.44. The van der Waals surface area contributed by atoms with Crippen molar-refractivity contribution < 1.29 is 12.9 Å². The largest absolute Gasteiger partial charge is 0.372 e. The summed E-state index contributed by atoms with van der Waals surface area (Å²) in [4.78, 5) is 2.56. The van der Waals surface area contributed by atoms with E-state index in [9.17, 15) is 8.42 Å². The van der Waals surface area contributed by atoms with E-state index in [-0.39, 0.29) is 4.90 Å². The Morgan fingerprint density at radius 1 is 1.12 bits per heavy atom. The molecule has 1 aromatic heterocycles. The summed E-state index contributed by atoms with van der Waals surface area (Å²) in [5.41, 5.74) is 2.75. The summed E-state index contributed by atoms with van der Waals surface area (Å²) in [6, 6.07) is 8.41. The van der Waals surface area contributed by atoms with Gasteiger partial charge < -0.3 is 9.42 Å². The molecule has 1 saturated heterocycles. The van der Waals surface area contributed by atoms with Gasteiger partial charge in [0.05, 0.1) is 0 Å². The van der Waals surface area contributed by atoms with Crippen molar-refractivity contribution in [2.24, 2.45) is 0 Å². The Balaban J connectivity index is 1.57. The van der Waals surface area contributed by atoms with E-state index in [4.69, 9.17) is 4.52 Å². The third-order valence-corrected chi connectivity index (χ3v) is 6.30. The van der Waals surface area contributed by atoms with Gasteiger partial charge in [-0.2, -0.15) is 0 Å². The summed E-state index contributed by atoms with van der Waals surface area (Å²) in [6.45, 7) is 5.82. The molecule has 0 atom stereocenters. The van der Waals surface area contributed by atoms with Gasteiger partial charge in [0.2, 0.25) is 10.0 Å². The highest BCUT2D eigenvalue weighted by molar-refractivity contribution is 7.89. The number of nitrogens with one attached hydrogen (secondary N) is 1. The topological polar surface area (TPSA) is 75.4 Å². The maximum absolute atomic E-state index is 12.4. The lowest BCUT2D eigenvalue weighted by molar-refractivity contribution is 0.390. The van der Waals surface area contributed by atoms with Crippen molar-refractivity contribution >= 4 is 15.7 Å². The highest BCUT2D eigenvalue weighted by Gasteiger charge is 2.23. The molecule has 1 aliphatic rings. The van der Waals surface area contributed by atoms with Crippen LogP contribution in [0.3, 0.4) is 0 Å². The molecular formula is C18H25N3O3S. The minimum atomic E-state index is -3.59. The number of hydrogen-bond donors (Lipinski definition) is 1. The molecule has 3 rings (SSSR count). The fourth-order valence-corrected chi connectivity index (χ4v) is 4.64. The van der Waals surface area contributed by atoms with E-state index in [0.29, 0.717) is 24.4 Å². The van der Waals surface area contributed by atoms with Crippen molar-refractivity contribution in [3.05, 3.63) is 41.3 Å². The molecule has 0 aliphatic carbocycles. The quantitative estimate of drug-likeness (QED) is 0.854. The molecule has 0 amide bonds. The average Bonchev–Trinajstić information content (AvgIpc) is 2.95. The molecule has 0 unspecified atom stereocenters. The zero-order chi connectivity index (χ0) is 17.9. The van der Waals surface area contributed by atoms with E-state index in [1.54, 1.807) is 13.8 Å². The summed E-state index contributed by atoms with van der Waals surface area (Å²) in [7, 11) is -3.59. The van der Waals surface area contributed by atoms with Gasteiger partial charge in [0, 0.05) is 25.3 Å². The number of piperidine rings is 1. The van der Waals surface area contributed by atoms with Crippen LogP contribution in [0.4, 0.5) is 5.69 Å². The van der Waals surface area contributed by atoms with Crippen molar-refractivity contribution in [2.75, 3.05) is 24.5 Å². The van der Waals surface area contributed by atoms with Crippen LogP contribution in [0, 0.1) is 13.8 Å². The maximum atomic E-state index is 12.4. The van der Waals surface area contributed by atoms with E-state index >= 15 is 0 Å². The van der Waals surface area contributed by atoms with Crippen LogP contribution in [-0.2, 0) is 16.4 Å². The molecule has 2 heterocycles. The summed E-state index contributed by atoms with van der Waals surface area (Å²) in [6.07, 6.45) is 4.47. The lowest BCUT2D eigenvalue weighted by Crippen LogP contribution is -2.29. The van der Waals surface area contributed by atoms with E-state index < -0.39 is 10.0 Å². The van der Waals surface area contributed by atoms with E-state index in [0.717, 1.165) is 18.7 Å². The van der Waals surface area contributed by atoms with Crippen LogP contribution in [0.1, 0.15) is 36.3 Å². The predicted molar refractivity (Wildman–Crippen MR) is 97.4 cm³/mol. The van der Waals surface area contributed by atoms with Crippen LogP contribution in [0.15, 0.2) is 33.7 Å². The number of aromatic nitrogens is 1. The number of anilines is 1. The van der Waals surface area contributed by atoms with Gasteiger partial charge in [-0.25, -0.2) is 13.1 Å². The lowest BCUT2D eigenvalue weighted by Gasteiger charge is -2.28. The number of aryl methyl sites for hydroxylation is 2. The van der Waals surface area contributed by atoms with E-state index in [1.165, 1.54) is 24.9 Å². The predicted octanol–water partition coefficient (Wildman–Crippen LogP) is 2.80. The maximum Gasteiger partial charge on any atom is 0.245 e. The minimum Gasteiger partial charge on any atom is -0.372 e. The second kappa shape index (κ2) is 7.58. The van der Waals surface area contributed by atoms with Gasteiger partial charge in [-0.05, 0) is 57.2 Å². The van der Waals surface area contributed by atoms with Gasteiger partial charge in [-0.15, -0.1) is 0 Å². The first kappa shape index (κ1) is 17.9. The van der Waals surface area contributed by atoms with Gasteiger partial charge in [-0.3, -0.25) is 0 Å². The normalized spacial score (nSPS) is 15.5. The average molecular weight is 363 g/mol. The van der Waals surface area contributed by atoms with Gasteiger partial charge in [-0.1, -0.05) is 17.3 Å². The Bertz CT molecular complexity index is 787. The Morgan fingerprint density at radius 3 is 2.40 bits per heavy atom. The van der Waals surface area contributed by atoms with Crippen LogP contribution in [-0.4, -0.2) is 33.2 Å². The SMILES string of the molecule is Cc1noc(C)c1S(=O)(=O)NCCc1ccc(N2CCCCC2)cc1. The van der Waals surface area contributed by atoms with Gasteiger partial charge in [0.1, 0.15) is 10.6 Å². The third-order valence-electron chi connectivity index (χ3n) is 4.60. The monoisotopic (exact) mass is 363 g/mol. The smallest absolute Gasteiger partial charge is 0.245 e. The fraction of sp³-hybridized carbons (Fsp3) is 0.500. The van der Waals surface area contributed by atoms with Crippen LogP contribution >= 0.6 is 0 Å². The van der Waals surface area contributed by atoms with Gasteiger partial charge in [0.25, 0.3) is 0 Å². The van der Waals surface area contributed by atoms with Crippen molar-refractivity contribution in [1.29, 1.82) is 0 Å². The molecule has 1 fully saturated rings. The summed E-state index contributed by atoms with van der Waals surface area (Å²) >= 11 is 0. The zero-order valence-electron chi connectivity index (χ0n) is 14.8. The fourth-order valence-electron chi connectivity index (χ4n) is 3.29. The molecule has 0 saturated carbocycles. The summed E-state index contributed by atoms with van der Waals surface area (Å²) in [5, 5.41) is 3.70. The second-order valence-corrected chi connectivity index (χ2v) is 8.22. The molecule has 0 bridgehead atoms. The molecular weight excluding hydrogens is 338 g/mol. The summed E-state index contributed by atoms with van der Waals surface area (Å²) < 4.78 is 32.3. The number of nitrogens with zero attached hydrogens (tertiary/aromatic N) is 2. The first-order valence-electron chi connectivity index (χ1n) is 8.74. The van der Waals surface area contributed by atoms with Crippen molar-refractivity contribution in [2.45, 2.75) is 44.4 Å². The summed E-state index contributed by atoms with van der Waals surface area (Å²) in [5.74, 6) is 0.316. The molecule has 2 aromatic rings. The highest BCUT2D eigenvalue weighted by atomic mass is 32.2. The molecule has 1 aliphatic heterocycles. The Labute approximate surface area is 149 Å². The molecule has 1 aromatic carbocycles. The molecule has 1 N–H and O–H groups in total. The van der Waals surface area contributed by atoms with Crippen molar-refractivity contribution in [3.8, 4) is 0 Å². The third kappa shape index (κ3) is 4.22. The second-order valence-electron chi connectivity index (χ2n) is 6.52. The zero-order valence-corrected chi connectivity index (χ0v) is 15.6. The van der Waals surface area contributed by atoms with Crippen LogP contribution in [0.5, 0.6) is 0 Å². The van der Waals surface area contributed by atoms with Crippen LogP contribution < -0.4 is 9.62 Å². The molecule has 7 heteroatoms. The highest BCUT2D eigenvalue weighted by Crippen LogP contribution is 2.21. The first-order valence-corrected chi connectivity index (χ1v) is 10.2. The lowest BCUT2D eigenvalue weighted by atomic mass is 10.1.